The zero-order chi connectivity index (χ0) is 30.5. The number of rotatable bonds is 10. The van der Waals surface area contributed by atoms with Crippen molar-refractivity contribution in [3.63, 3.8) is 0 Å². The smallest absolute Gasteiger partial charge is 0.468 e. The molecule has 0 aliphatic rings. The number of nitrogens with one attached hydrogen (secondary N) is 1. The van der Waals surface area contributed by atoms with Crippen molar-refractivity contribution in [1.82, 2.24) is 4.98 Å². The van der Waals surface area contributed by atoms with Gasteiger partial charge in [0, 0.05) is 26.9 Å². The van der Waals surface area contributed by atoms with E-state index in [1.165, 1.54) is 35.6 Å². The topological polar surface area (TPSA) is 86.8 Å². The predicted octanol–water partition coefficient (Wildman–Crippen LogP) is 8.22. The van der Waals surface area contributed by atoms with E-state index >= 15 is 0 Å². The molecular formula is C31H25F3N2O5S2. The summed E-state index contributed by atoms with van der Waals surface area (Å²) in [4.78, 5) is 31.0. The van der Waals surface area contributed by atoms with Crippen molar-refractivity contribution in [3.8, 4) is 5.75 Å². The van der Waals surface area contributed by atoms with Gasteiger partial charge in [-0.3, -0.25) is 10.1 Å². The maximum absolute atomic E-state index is 13.5. The van der Waals surface area contributed by atoms with Crippen LogP contribution in [0, 0.1) is 0 Å². The number of ether oxygens (including phenoxy) is 2. The summed E-state index contributed by atoms with van der Waals surface area (Å²) >= 11 is 1.26. The van der Waals surface area contributed by atoms with Crippen LogP contribution < -0.4 is 10.1 Å². The standard InChI is InChI=1S/C31H25F3N2O5S2/c1-2-39-20-40-22-15-18-26-27(19-22)42-30(35-26)36-28(37)21-13-16-25(17-14-21)43(23-9-5-3-6-10-23,24-11-7-4-8-12-24)41-29(38)31(32,33)34/h3-19H,2,20H2,1H3,(H,35,36,37). The lowest BCUT2D eigenvalue weighted by Crippen LogP contribution is -2.27. The van der Waals surface area contributed by atoms with Crippen LogP contribution in [-0.4, -0.2) is 36.4 Å². The minimum atomic E-state index is -5.21. The minimum Gasteiger partial charge on any atom is -0.468 e. The molecule has 12 heteroatoms. The summed E-state index contributed by atoms with van der Waals surface area (Å²) in [5.74, 6) is -2.17. The van der Waals surface area contributed by atoms with E-state index in [4.69, 9.17) is 13.7 Å². The first kappa shape index (κ1) is 30.1. The van der Waals surface area contributed by atoms with E-state index in [-0.39, 0.29) is 12.4 Å². The molecule has 1 heterocycles. The van der Waals surface area contributed by atoms with Crippen molar-refractivity contribution in [2.75, 3.05) is 18.7 Å². The first-order chi connectivity index (χ1) is 20.7. The van der Waals surface area contributed by atoms with E-state index in [1.54, 1.807) is 78.9 Å². The fourth-order valence-electron chi connectivity index (χ4n) is 4.15. The SMILES string of the molecule is CCOCOc1ccc2nc(NC(=O)c3ccc(S(OC(=O)C(F)(F)F)(c4ccccc4)c4ccccc4)cc3)sc2c1. The Morgan fingerprint density at radius 1 is 0.860 bits per heavy atom. The van der Waals surface area contributed by atoms with Gasteiger partial charge in [-0.05, 0) is 84.0 Å². The third-order valence-corrected chi connectivity index (χ3v) is 10.3. The molecule has 0 fully saturated rings. The quantitative estimate of drug-likeness (QED) is 0.124. The second-order valence-corrected chi connectivity index (χ2v) is 12.7. The number of hydrogen-bond acceptors (Lipinski definition) is 7. The van der Waals surface area contributed by atoms with Gasteiger partial charge in [0.15, 0.2) is 11.9 Å². The van der Waals surface area contributed by atoms with Crippen molar-refractivity contribution < 1.29 is 36.4 Å². The van der Waals surface area contributed by atoms with Gasteiger partial charge in [0.2, 0.25) is 0 Å². The summed E-state index contributed by atoms with van der Waals surface area (Å²) in [5, 5.41) is 3.13. The molecule has 1 amide bonds. The monoisotopic (exact) mass is 626 g/mol. The third-order valence-electron chi connectivity index (χ3n) is 6.12. The van der Waals surface area contributed by atoms with E-state index in [0.717, 1.165) is 4.70 Å². The lowest BCUT2D eigenvalue weighted by Gasteiger charge is -2.39. The second-order valence-electron chi connectivity index (χ2n) is 8.93. The normalized spacial score (nSPS) is 12.1. The van der Waals surface area contributed by atoms with Crippen molar-refractivity contribution in [1.29, 1.82) is 0 Å². The van der Waals surface area contributed by atoms with Crippen LogP contribution in [0.2, 0.25) is 0 Å². The number of carbonyl (C=O) groups excluding carboxylic acids is 2. The molecule has 0 saturated carbocycles. The predicted molar refractivity (Wildman–Crippen MR) is 159 cm³/mol. The zero-order valence-electron chi connectivity index (χ0n) is 22.7. The summed E-state index contributed by atoms with van der Waals surface area (Å²) in [5.41, 5.74) is 0.908. The molecule has 1 aromatic heterocycles. The summed E-state index contributed by atoms with van der Waals surface area (Å²) in [6, 6.07) is 27.9. The van der Waals surface area contributed by atoms with Crippen LogP contribution in [0.1, 0.15) is 17.3 Å². The first-order valence-electron chi connectivity index (χ1n) is 13.0. The summed E-state index contributed by atoms with van der Waals surface area (Å²) in [6.07, 6.45) is -5.21. The summed E-state index contributed by atoms with van der Waals surface area (Å²) in [6.45, 7) is 2.51. The Labute approximate surface area is 250 Å². The number of nitrogens with zero attached hydrogens (tertiary/aromatic N) is 1. The Morgan fingerprint density at radius 2 is 1.47 bits per heavy atom. The van der Waals surface area contributed by atoms with Gasteiger partial charge >= 0.3 is 12.1 Å². The average Bonchev–Trinajstić information content (AvgIpc) is 3.42. The van der Waals surface area contributed by atoms with Crippen LogP contribution in [0.15, 0.2) is 118 Å². The van der Waals surface area contributed by atoms with Crippen molar-refractivity contribution in [2.45, 2.75) is 27.8 Å². The van der Waals surface area contributed by atoms with Crippen LogP contribution in [0.25, 0.3) is 10.2 Å². The molecule has 0 saturated heterocycles. The maximum atomic E-state index is 13.5. The summed E-state index contributed by atoms with van der Waals surface area (Å²) in [7, 11) is -3.18. The maximum Gasteiger partial charge on any atom is 0.491 e. The van der Waals surface area contributed by atoms with Crippen molar-refractivity contribution in [3.05, 3.63) is 109 Å². The number of aromatic nitrogens is 1. The van der Waals surface area contributed by atoms with Gasteiger partial charge < -0.3 is 13.7 Å². The highest BCUT2D eigenvalue weighted by molar-refractivity contribution is 8.30. The second kappa shape index (κ2) is 12.9. The third kappa shape index (κ3) is 6.66. The number of halogens is 3. The van der Waals surface area contributed by atoms with Crippen molar-refractivity contribution in [2.24, 2.45) is 0 Å². The van der Waals surface area contributed by atoms with Gasteiger partial charge in [0.1, 0.15) is 5.75 Å². The van der Waals surface area contributed by atoms with E-state index < -0.39 is 28.4 Å². The summed E-state index contributed by atoms with van der Waals surface area (Å²) < 4.78 is 57.6. The zero-order valence-corrected chi connectivity index (χ0v) is 24.3. The van der Waals surface area contributed by atoms with Gasteiger partial charge in [-0.15, -0.1) is 0 Å². The van der Waals surface area contributed by atoms with Crippen LogP contribution >= 0.6 is 21.6 Å². The molecule has 0 radical (unpaired) electrons. The fourth-order valence-corrected chi connectivity index (χ4v) is 8.06. The number of hydrogen-bond donors (Lipinski definition) is 1. The number of alkyl halides is 3. The molecule has 0 aliphatic carbocycles. The van der Waals surface area contributed by atoms with E-state index in [0.29, 0.717) is 37.7 Å². The molecule has 0 spiro atoms. The largest absolute Gasteiger partial charge is 0.491 e. The molecule has 0 aliphatic heterocycles. The number of anilines is 1. The molecule has 7 nitrogen and oxygen atoms in total. The number of carbonyl (C=O) groups is 2. The fraction of sp³-hybridized carbons (Fsp3) is 0.129. The van der Waals surface area contributed by atoms with Gasteiger partial charge in [-0.2, -0.15) is 13.2 Å². The lowest BCUT2D eigenvalue weighted by molar-refractivity contribution is -0.188. The van der Waals surface area contributed by atoms with Crippen molar-refractivity contribution >= 4 is 48.9 Å². The van der Waals surface area contributed by atoms with Gasteiger partial charge in [-0.25, -0.2) is 9.78 Å². The molecule has 222 valence electrons. The Hall–Kier alpha value is -4.39. The Kier molecular flexibility index (Phi) is 9.00. The molecule has 5 aromatic rings. The highest BCUT2D eigenvalue weighted by Gasteiger charge is 2.47. The van der Waals surface area contributed by atoms with Crippen LogP contribution in [0.3, 0.4) is 0 Å². The highest BCUT2D eigenvalue weighted by Crippen LogP contribution is 2.69. The molecular weight excluding hydrogens is 601 g/mol. The van der Waals surface area contributed by atoms with Crippen LogP contribution in [-0.2, 0) is 13.7 Å². The van der Waals surface area contributed by atoms with Gasteiger partial charge in [0.05, 0.1) is 10.2 Å². The van der Waals surface area contributed by atoms with Gasteiger partial charge in [-0.1, -0.05) is 47.7 Å². The van der Waals surface area contributed by atoms with E-state index in [1.807, 2.05) is 6.92 Å². The number of benzene rings is 4. The van der Waals surface area contributed by atoms with E-state index in [9.17, 15) is 22.8 Å². The Morgan fingerprint density at radius 3 is 2.05 bits per heavy atom. The average molecular weight is 627 g/mol. The van der Waals surface area contributed by atoms with Gasteiger partial charge in [0.25, 0.3) is 5.91 Å². The molecule has 1 N–H and O–H groups in total. The van der Waals surface area contributed by atoms with Crippen LogP contribution in [0.4, 0.5) is 18.3 Å². The number of fused-ring (bicyclic) bond motifs is 1. The first-order valence-corrected chi connectivity index (χ1v) is 15.3. The number of thiazole rings is 1. The Bertz CT molecular complexity index is 1670. The molecule has 0 bridgehead atoms. The highest BCUT2D eigenvalue weighted by atomic mass is 32.3. The molecule has 4 aromatic carbocycles. The molecule has 5 rings (SSSR count). The van der Waals surface area contributed by atoms with Crippen LogP contribution in [0.5, 0.6) is 5.75 Å². The molecule has 43 heavy (non-hydrogen) atoms. The Balaban J connectivity index is 1.46. The lowest BCUT2D eigenvalue weighted by atomic mass is 10.2. The minimum absolute atomic E-state index is 0.118. The number of amides is 1. The molecule has 0 unspecified atom stereocenters. The molecule has 0 atom stereocenters. The van der Waals surface area contributed by atoms with E-state index in [2.05, 4.69) is 10.3 Å².